The number of rotatable bonds is 14. The van der Waals surface area contributed by atoms with E-state index in [0.29, 0.717) is 75.6 Å². The lowest BCUT2D eigenvalue weighted by Crippen LogP contribution is -2.68. The number of aryl methyl sites for hydroxylation is 2. The Morgan fingerprint density at radius 2 is 1.31 bits per heavy atom. The fraction of sp³-hybridized carbons (Fsp3) is 0.671. The van der Waals surface area contributed by atoms with Crippen molar-refractivity contribution >= 4 is 70.9 Å². The number of fused-ring (bicyclic) bond motifs is 3. The number of likely N-dealkylation sites (N-methyl/N-ethyl adjacent to an activating group) is 7. The molecule has 6 aliphatic rings. The van der Waals surface area contributed by atoms with E-state index in [0.717, 1.165) is 42.9 Å². The molecule has 2 N–H and O–H groups in total. The zero-order valence-corrected chi connectivity index (χ0v) is 65.5. The summed E-state index contributed by atoms with van der Waals surface area (Å²) in [5.41, 5.74) is -0.740. The van der Waals surface area contributed by atoms with Crippen LogP contribution in [0.2, 0.25) is 0 Å². The van der Waals surface area contributed by atoms with Crippen molar-refractivity contribution in [3.8, 4) is 5.75 Å². The van der Waals surface area contributed by atoms with Gasteiger partial charge in [0, 0.05) is 95.0 Å². The number of carbonyl (C=O) groups excluding carboxylic acids is 12. The summed E-state index contributed by atoms with van der Waals surface area (Å²) in [6.45, 7) is 8.53. The predicted octanol–water partition coefficient (Wildman–Crippen LogP) is 5.78. The van der Waals surface area contributed by atoms with Gasteiger partial charge in [-0.2, -0.15) is 13.2 Å². The summed E-state index contributed by atoms with van der Waals surface area (Å²) >= 11 is 0. The van der Waals surface area contributed by atoms with Gasteiger partial charge in [0.2, 0.25) is 70.9 Å². The normalized spacial score (nSPS) is 26.8. The van der Waals surface area contributed by atoms with Gasteiger partial charge in [-0.25, -0.2) is 0 Å². The summed E-state index contributed by atoms with van der Waals surface area (Å²) in [4.78, 5) is 197. The molecule has 3 saturated heterocycles. The molecule has 0 aromatic heterocycles. The van der Waals surface area contributed by atoms with Crippen LogP contribution in [0.4, 0.5) is 13.2 Å². The molecule has 29 heteroatoms. The van der Waals surface area contributed by atoms with E-state index in [1.54, 1.807) is 24.8 Å². The van der Waals surface area contributed by atoms with Crippen LogP contribution in [-0.2, 0) is 81.3 Å². The van der Waals surface area contributed by atoms with Gasteiger partial charge in [0.05, 0.1) is 38.3 Å². The van der Waals surface area contributed by atoms with E-state index in [1.807, 2.05) is 51.1 Å². The number of benzene rings is 2. The molecule has 12 amide bonds. The minimum absolute atomic E-state index is 0.00631. The zero-order chi connectivity index (χ0) is 79.2. The van der Waals surface area contributed by atoms with E-state index in [-0.39, 0.29) is 71.1 Å². The topological polar surface area (TPSA) is 280 Å². The molecule has 4 heterocycles. The monoisotopic (exact) mass is 1510 g/mol. The SMILES string of the molecule is CCC[C@H]1C(=O)N[C@@H]([C@@H](C)CC)C(=O)N(C)CC(=O)N(C)[C@H]2C/C=C\CCN(C2=O)[C@@H](Cc2ccc(C)cc2)C(=O)N(C)CC(=O)N[C@@H](CCc2ccc(C(F)(F)F)c(OC)c2)C(=O)N2C[C@H](OCC)C[C@H]2C(=O)N(C)C2(CCC2)C(=O)N(C)[C@@H](C2CCCC2)C(=O)N(C)[C@H](C(=O)N2CCCCC2)CC(=O)N1C. The number of ether oxygens (including phenoxy) is 2. The number of alkyl halides is 3. The van der Waals surface area contributed by atoms with Crippen molar-refractivity contribution in [3.63, 3.8) is 0 Å². The Hall–Kier alpha value is -8.63. The number of hydrogen-bond donors (Lipinski definition) is 2. The minimum atomic E-state index is -4.78. The number of piperidine rings is 1. The van der Waals surface area contributed by atoms with Crippen molar-refractivity contribution in [3.05, 3.63) is 76.9 Å². The Labute approximate surface area is 634 Å². The molecule has 5 fully saturated rings. The van der Waals surface area contributed by atoms with Crippen molar-refractivity contribution in [1.82, 2.24) is 59.6 Å². The average molecular weight is 1510 g/mol. The lowest BCUT2D eigenvalue weighted by molar-refractivity contribution is -0.166. The highest BCUT2D eigenvalue weighted by atomic mass is 19.4. The molecule has 8 rings (SSSR count). The van der Waals surface area contributed by atoms with E-state index < -0.39 is 180 Å². The molecule has 0 radical (unpaired) electrons. The van der Waals surface area contributed by atoms with Gasteiger partial charge in [-0.3, -0.25) is 57.5 Å². The van der Waals surface area contributed by atoms with Crippen LogP contribution in [0.1, 0.15) is 166 Å². The van der Waals surface area contributed by atoms with Crippen LogP contribution in [-0.4, -0.2) is 282 Å². The number of amides is 12. The highest BCUT2D eigenvalue weighted by Crippen LogP contribution is 2.43. The summed E-state index contributed by atoms with van der Waals surface area (Å²) in [7, 11) is 11.2. The molecule has 108 heavy (non-hydrogen) atoms. The van der Waals surface area contributed by atoms with E-state index in [9.17, 15) is 32.3 Å². The third kappa shape index (κ3) is 19.7. The summed E-state index contributed by atoms with van der Waals surface area (Å²) in [5, 5.41) is 5.73. The summed E-state index contributed by atoms with van der Waals surface area (Å²) in [5.74, 6) is -9.30. The minimum Gasteiger partial charge on any atom is -0.496 e. The third-order valence-electron chi connectivity index (χ3n) is 23.4. The van der Waals surface area contributed by atoms with Gasteiger partial charge >= 0.3 is 6.18 Å². The molecular formula is C79H115F3N12O14. The van der Waals surface area contributed by atoms with Gasteiger partial charge in [0.1, 0.15) is 59.6 Å². The Kier molecular flexibility index (Phi) is 29.6. The van der Waals surface area contributed by atoms with Gasteiger partial charge < -0.3 is 69.1 Å². The first kappa shape index (κ1) is 85.0. The average Bonchev–Trinajstić information content (AvgIpc) is 1.02. The molecule has 2 saturated carbocycles. The molecule has 1 spiro atoms. The second kappa shape index (κ2) is 37.7. The maximum atomic E-state index is 15.9. The van der Waals surface area contributed by atoms with Gasteiger partial charge in [-0.05, 0) is 132 Å². The maximum absolute atomic E-state index is 15.9. The maximum Gasteiger partial charge on any atom is 0.419 e. The van der Waals surface area contributed by atoms with E-state index in [1.165, 1.54) is 101 Å². The molecule has 596 valence electrons. The van der Waals surface area contributed by atoms with Crippen LogP contribution < -0.4 is 15.4 Å². The highest BCUT2D eigenvalue weighted by molar-refractivity contribution is 6.01. The summed E-state index contributed by atoms with van der Waals surface area (Å²) in [6, 6.07) is 0.211. The molecule has 2 aliphatic carbocycles. The first-order chi connectivity index (χ1) is 51.2. The van der Waals surface area contributed by atoms with Crippen LogP contribution in [0.15, 0.2) is 54.6 Å². The number of carbonyl (C=O) groups is 12. The molecule has 4 aliphatic heterocycles. The quantitative estimate of drug-likeness (QED) is 0.212. The lowest BCUT2D eigenvalue weighted by Gasteiger charge is -2.51. The number of hydrogen-bond acceptors (Lipinski definition) is 14. The molecule has 2 bridgehead atoms. The Morgan fingerprint density at radius 3 is 1.93 bits per heavy atom. The second-order valence-corrected chi connectivity index (χ2v) is 30.6. The number of nitrogens with zero attached hydrogens (tertiary/aromatic N) is 10. The molecule has 2 aromatic rings. The molecule has 26 nitrogen and oxygen atoms in total. The first-order valence-electron chi connectivity index (χ1n) is 38.6. The van der Waals surface area contributed by atoms with E-state index in [4.69, 9.17) is 9.47 Å². The zero-order valence-electron chi connectivity index (χ0n) is 65.5. The third-order valence-corrected chi connectivity index (χ3v) is 23.4. The highest BCUT2D eigenvalue weighted by Gasteiger charge is 2.56. The number of halogens is 3. The second-order valence-electron chi connectivity index (χ2n) is 30.6. The van der Waals surface area contributed by atoms with Crippen molar-refractivity contribution < 1.29 is 80.2 Å². The van der Waals surface area contributed by atoms with E-state index >= 15 is 38.4 Å². The van der Waals surface area contributed by atoms with E-state index in [2.05, 4.69) is 10.6 Å². The number of methoxy groups -OCH3 is 1. The van der Waals surface area contributed by atoms with Gasteiger partial charge in [0.25, 0.3) is 0 Å². The summed E-state index contributed by atoms with van der Waals surface area (Å²) < 4.78 is 54.0. The summed E-state index contributed by atoms with van der Waals surface area (Å²) in [6.07, 6.45) is 3.83. The van der Waals surface area contributed by atoms with Crippen LogP contribution in [0.3, 0.4) is 0 Å². The molecule has 10 atom stereocenters. The largest absolute Gasteiger partial charge is 0.496 e. The first-order valence-corrected chi connectivity index (χ1v) is 38.6. The van der Waals surface area contributed by atoms with Crippen molar-refractivity contribution in [1.29, 1.82) is 0 Å². The number of nitrogens with one attached hydrogen (secondary N) is 2. The Balaban J connectivity index is 1.23. The van der Waals surface area contributed by atoms with Crippen LogP contribution in [0, 0.1) is 18.8 Å². The van der Waals surface area contributed by atoms with Crippen LogP contribution in [0.5, 0.6) is 5.75 Å². The van der Waals surface area contributed by atoms with Gasteiger partial charge in [0.15, 0.2) is 0 Å². The smallest absolute Gasteiger partial charge is 0.419 e. The Morgan fingerprint density at radius 1 is 0.657 bits per heavy atom. The predicted molar refractivity (Wildman–Crippen MR) is 397 cm³/mol. The molecular weight excluding hydrogens is 1400 g/mol. The van der Waals surface area contributed by atoms with Crippen molar-refractivity contribution in [2.45, 2.75) is 229 Å². The fourth-order valence-corrected chi connectivity index (χ4v) is 16.3. The van der Waals surface area contributed by atoms with Crippen molar-refractivity contribution in [2.75, 3.05) is 102 Å². The van der Waals surface area contributed by atoms with Crippen LogP contribution in [0.25, 0.3) is 0 Å². The molecule has 2 aromatic carbocycles. The van der Waals surface area contributed by atoms with Crippen LogP contribution >= 0.6 is 0 Å². The van der Waals surface area contributed by atoms with Crippen molar-refractivity contribution in [2.24, 2.45) is 11.8 Å². The number of likely N-dealkylation sites (tertiary alicyclic amines) is 1. The fourth-order valence-electron chi connectivity index (χ4n) is 16.3. The van der Waals surface area contributed by atoms with Gasteiger partial charge in [-0.1, -0.05) is 94.5 Å². The van der Waals surface area contributed by atoms with Gasteiger partial charge in [-0.15, -0.1) is 0 Å². The standard InChI is InChI=1S/C79H115F3N12O14/c1-14-26-58-69(98)84-67(51(5)15-2)75(104)86(7)49-66(97)88(9)59-29-19-17-24-42-93(74(59)103)61(43-52-32-30-50(4)31-33-52)71(100)85(6)48-64(95)83-57(37-35-53-34-36-56(79(80,81)82)63(44-53)107-13)70(99)94-47-55(108-16-3)45-62(94)72(101)91(12)78(38-25-39-78)77(106)90(11)68(54-27-20-21-28-54)76(105)89(10)60(46-65(96)87(58)8)73(102)92-40-22-18-23-41-92/h17,19,30-34,36,44,51,54-55,57-62,67-68H,14-16,18,20-29,35,37-43,45-49H2,1-13H3,(H,83,95)(H,84,98)/b19-17-/t51-,55+,57-,58-,59-,60-,61-,62-,67-,68-/m0/s1. The lowest BCUT2D eigenvalue weighted by atomic mass is 9.73. The molecule has 0 unspecified atom stereocenters. The Bertz CT molecular complexity index is 3600.